The molecule has 0 radical (unpaired) electrons. The minimum absolute atomic E-state index is 0.213. The van der Waals surface area contributed by atoms with E-state index in [2.05, 4.69) is 22.1 Å². The van der Waals surface area contributed by atoms with E-state index in [4.69, 9.17) is 0 Å². The van der Waals surface area contributed by atoms with Crippen molar-refractivity contribution in [2.24, 2.45) is 0 Å². The van der Waals surface area contributed by atoms with Gasteiger partial charge in [-0.2, -0.15) is 0 Å². The van der Waals surface area contributed by atoms with Gasteiger partial charge in [0.05, 0.1) is 5.75 Å². The van der Waals surface area contributed by atoms with Gasteiger partial charge in [0.15, 0.2) is 9.84 Å². The molecule has 8 heteroatoms. The summed E-state index contributed by atoms with van der Waals surface area (Å²) in [6.45, 7) is 8.63. The molecule has 0 fully saturated rings. The van der Waals surface area contributed by atoms with Crippen molar-refractivity contribution in [3.8, 4) is 0 Å². The SMILES string of the molecule is C=CCS(=O)(=O)C(C)C(=O)Nc1nnc(C(C)C)s1. The lowest BCUT2D eigenvalue weighted by atomic mass is 10.2. The normalized spacial score (nSPS) is 13.3. The van der Waals surface area contributed by atoms with E-state index in [1.54, 1.807) is 0 Å². The average molecular weight is 303 g/mol. The zero-order chi connectivity index (χ0) is 14.6. The third-order valence-corrected chi connectivity index (χ3v) is 5.55. The van der Waals surface area contributed by atoms with Gasteiger partial charge in [-0.05, 0) is 6.92 Å². The Morgan fingerprint density at radius 1 is 1.42 bits per heavy atom. The summed E-state index contributed by atoms with van der Waals surface area (Å²) in [6, 6.07) is 0. The molecule has 106 valence electrons. The largest absolute Gasteiger partial charge is 0.299 e. The molecule has 0 aliphatic rings. The van der Waals surface area contributed by atoms with Gasteiger partial charge in [0.1, 0.15) is 10.3 Å². The summed E-state index contributed by atoms with van der Waals surface area (Å²) in [7, 11) is -3.51. The molecule has 0 bridgehead atoms. The fourth-order valence-corrected chi connectivity index (χ4v) is 2.95. The highest BCUT2D eigenvalue weighted by molar-refractivity contribution is 7.92. The van der Waals surface area contributed by atoms with Crippen LogP contribution in [0.1, 0.15) is 31.7 Å². The minimum Gasteiger partial charge on any atom is -0.299 e. The number of sulfone groups is 1. The van der Waals surface area contributed by atoms with E-state index in [9.17, 15) is 13.2 Å². The van der Waals surface area contributed by atoms with Crippen LogP contribution >= 0.6 is 11.3 Å². The summed E-state index contributed by atoms with van der Waals surface area (Å²) < 4.78 is 23.4. The maximum Gasteiger partial charge on any atom is 0.244 e. The topological polar surface area (TPSA) is 89.0 Å². The van der Waals surface area contributed by atoms with Crippen molar-refractivity contribution >= 4 is 32.2 Å². The van der Waals surface area contributed by atoms with Crippen molar-refractivity contribution < 1.29 is 13.2 Å². The lowest BCUT2D eigenvalue weighted by molar-refractivity contribution is -0.115. The predicted octanol–water partition coefficient (Wildman–Crippen LogP) is 1.59. The first kappa shape index (κ1) is 15.8. The molecule has 0 saturated carbocycles. The maximum absolute atomic E-state index is 11.8. The van der Waals surface area contributed by atoms with Crippen LogP contribution in [0.2, 0.25) is 0 Å². The number of rotatable bonds is 6. The van der Waals surface area contributed by atoms with E-state index in [0.29, 0.717) is 5.13 Å². The average Bonchev–Trinajstić information content (AvgIpc) is 2.76. The minimum atomic E-state index is -3.51. The Bertz CT molecular complexity index is 563. The molecular formula is C11H17N3O3S2. The summed E-state index contributed by atoms with van der Waals surface area (Å²) in [4.78, 5) is 11.8. The number of carbonyl (C=O) groups is 1. The van der Waals surface area contributed by atoms with Gasteiger partial charge >= 0.3 is 0 Å². The standard InChI is InChI=1S/C11H17N3O3S2/c1-5-6-19(16,17)8(4)9(15)12-11-14-13-10(18-11)7(2)3/h5,7-8H,1,6H2,2-4H3,(H,12,14,15). The second-order valence-electron chi connectivity index (χ2n) is 4.35. The molecule has 1 heterocycles. The lowest BCUT2D eigenvalue weighted by Gasteiger charge is -2.10. The second kappa shape index (κ2) is 6.25. The van der Waals surface area contributed by atoms with Gasteiger partial charge in [-0.1, -0.05) is 31.3 Å². The molecule has 19 heavy (non-hydrogen) atoms. The number of hydrogen-bond acceptors (Lipinski definition) is 6. The number of hydrogen-bond donors (Lipinski definition) is 1. The molecule has 1 unspecified atom stereocenters. The van der Waals surface area contributed by atoms with Crippen LogP contribution in [0.15, 0.2) is 12.7 Å². The zero-order valence-corrected chi connectivity index (χ0v) is 12.7. The van der Waals surface area contributed by atoms with Crippen LogP contribution < -0.4 is 5.32 Å². The van der Waals surface area contributed by atoms with Gasteiger partial charge in [0.25, 0.3) is 0 Å². The van der Waals surface area contributed by atoms with Crippen LogP contribution in [0, 0.1) is 0 Å². The van der Waals surface area contributed by atoms with E-state index in [0.717, 1.165) is 5.01 Å². The summed E-state index contributed by atoms with van der Waals surface area (Å²) >= 11 is 1.24. The van der Waals surface area contributed by atoms with Gasteiger partial charge < -0.3 is 0 Å². The fraction of sp³-hybridized carbons (Fsp3) is 0.545. The summed E-state index contributed by atoms with van der Waals surface area (Å²) in [5.41, 5.74) is 0. The van der Waals surface area contributed by atoms with Gasteiger partial charge in [-0.25, -0.2) is 8.42 Å². The third-order valence-electron chi connectivity index (χ3n) is 2.42. The molecular weight excluding hydrogens is 286 g/mol. The molecule has 0 spiro atoms. The Morgan fingerprint density at radius 2 is 2.05 bits per heavy atom. The smallest absolute Gasteiger partial charge is 0.244 e. The first-order chi connectivity index (χ1) is 8.77. The van der Waals surface area contributed by atoms with Gasteiger partial charge in [-0.3, -0.25) is 10.1 Å². The second-order valence-corrected chi connectivity index (χ2v) is 7.73. The van der Waals surface area contributed by atoms with Crippen LogP contribution in [0.4, 0.5) is 5.13 Å². The molecule has 0 saturated heterocycles. The summed E-state index contributed by atoms with van der Waals surface area (Å²) in [5.74, 6) is -0.618. The highest BCUT2D eigenvalue weighted by atomic mass is 32.2. The molecule has 1 N–H and O–H groups in total. The Balaban J connectivity index is 2.76. The van der Waals surface area contributed by atoms with Crippen LogP contribution in [0.5, 0.6) is 0 Å². The van der Waals surface area contributed by atoms with E-state index < -0.39 is 21.0 Å². The van der Waals surface area contributed by atoms with Crippen LogP contribution in [-0.2, 0) is 14.6 Å². The number of nitrogens with one attached hydrogen (secondary N) is 1. The monoisotopic (exact) mass is 303 g/mol. The lowest BCUT2D eigenvalue weighted by Crippen LogP contribution is -2.33. The fourth-order valence-electron chi connectivity index (χ4n) is 1.20. The highest BCUT2D eigenvalue weighted by Gasteiger charge is 2.27. The zero-order valence-electron chi connectivity index (χ0n) is 11.1. The summed E-state index contributed by atoms with van der Waals surface area (Å²) in [6.07, 6.45) is 1.26. The number of carbonyl (C=O) groups excluding carboxylic acids is 1. The molecule has 6 nitrogen and oxygen atoms in total. The summed E-state index contributed by atoms with van der Waals surface area (Å²) in [5, 5.41) is 10.2. The van der Waals surface area contributed by atoms with Crippen LogP contribution in [0.25, 0.3) is 0 Å². The maximum atomic E-state index is 11.8. The molecule has 1 aromatic rings. The number of amides is 1. The van der Waals surface area contributed by atoms with Gasteiger partial charge in [0, 0.05) is 5.92 Å². The van der Waals surface area contributed by atoms with Gasteiger partial charge in [0.2, 0.25) is 11.0 Å². The van der Waals surface area contributed by atoms with E-state index in [-0.39, 0.29) is 11.7 Å². The van der Waals surface area contributed by atoms with Crippen LogP contribution in [-0.4, -0.2) is 35.5 Å². The Hall–Kier alpha value is -1.28. The Morgan fingerprint density at radius 3 is 2.53 bits per heavy atom. The van der Waals surface area contributed by atoms with Crippen LogP contribution in [0.3, 0.4) is 0 Å². The molecule has 1 aromatic heterocycles. The van der Waals surface area contributed by atoms with Crippen molar-refractivity contribution in [3.05, 3.63) is 17.7 Å². The first-order valence-corrected chi connectivity index (χ1v) is 8.28. The number of anilines is 1. The van der Waals surface area contributed by atoms with Gasteiger partial charge in [-0.15, -0.1) is 16.8 Å². The van der Waals surface area contributed by atoms with Crippen molar-refractivity contribution in [3.63, 3.8) is 0 Å². The molecule has 0 aliphatic carbocycles. The molecule has 1 atom stereocenters. The van der Waals surface area contributed by atoms with Crippen molar-refractivity contribution in [2.45, 2.75) is 31.9 Å². The van der Waals surface area contributed by atoms with Crippen molar-refractivity contribution in [1.29, 1.82) is 0 Å². The molecule has 1 amide bonds. The predicted molar refractivity (Wildman–Crippen MR) is 76.1 cm³/mol. The Kier molecular flexibility index (Phi) is 5.19. The number of nitrogens with zero attached hydrogens (tertiary/aromatic N) is 2. The molecule has 0 aliphatic heterocycles. The highest BCUT2D eigenvalue weighted by Crippen LogP contribution is 2.22. The van der Waals surface area contributed by atoms with E-state index >= 15 is 0 Å². The number of aromatic nitrogens is 2. The molecule has 0 aromatic carbocycles. The van der Waals surface area contributed by atoms with E-state index in [1.165, 1.54) is 24.3 Å². The quantitative estimate of drug-likeness (QED) is 0.806. The third kappa shape index (κ3) is 4.10. The first-order valence-electron chi connectivity index (χ1n) is 5.74. The Labute approximate surface area is 116 Å². The molecule has 1 rings (SSSR count). The van der Waals surface area contributed by atoms with Crippen molar-refractivity contribution in [2.75, 3.05) is 11.1 Å². The van der Waals surface area contributed by atoms with E-state index in [1.807, 2.05) is 13.8 Å². The van der Waals surface area contributed by atoms with Crippen molar-refractivity contribution in [1.82, 2.24) is 10.2 Å².